The van der Waals surface area contributed by atoms with Gasteiger partial charge in [0.15, 0.2) is 0 Å². The Morgan fingerprint density at radius 1 is 1.08 bits per heavy atom. The molecule has 3 amide bonds. The van der Waals surface area contributed by atoms with E-state index in [9.17, 15) is 14.4 Å². The fraction of sp³-hybridized carbons (Fsp3) is 0.500. The zero-order chi connectivity index (χ0) is 17.7. The third kappa shape index (κ3) is 4.81. The molecule has 0 spiro atoms. The SMILES string of the molecule is CC(=O)Nc1cccc(NC(=O)C2CCN(C(=O)C(C)C)CC2)c1. The molecule has 1 aliphatic heterocycles. The van der Waals surface area contributed by atoms with Crippen LogP contribution in [0.15, 0.2) is 24.3 Å². The molecular formula is C18H25N3O3. The van der Waals surface area contributed by atoms with E-state index in [1.807, 2.05) is 18.7 Å². The molecule has 24 heavy (non-hydrogen) atoms. The number of benzene rings is 1. The van der Waals surface area contributed by atoms with E-state index < -0.39 is 0 Å². The lowest BCUT2D eigenvalue weighted by atomic mass is 9.95. The number of carbonyl (C=O) groups is 3. The molecule has 0 unspecified atom stereocenters. The molecule has 1 aliphatic rings. The van der Waals surface area contributed by atoms with Gasteiger partial charge < -0.3 is 15.5 Å². The van der Waals surface area contributed by atoms with Crippen LogP contribution >= 0.6 is 0 Å². The Bertz CT molecular complexity index is 620. The summed E-state index contributed by atoms with van der Waals surface area (Å²) in [5.41, 5.74) is 1.31. The highest BCUT2D eigenvalue weighted by molar-refractivity contribution is 5.94. The zero-order valence-electron chi connectivity index (χ0n) is 14.5. The van der Waals surface area contributed by atoms with Gasteiger partial charge in [-0.25, -0.2) is 0 Å². The number of nitrogens with zero attached hydrogens (tertiary/aromatic N) is 1. The van der Waals surface area contributed by atoms with Crippen molar-refractivity contribution in [3.63, 3.8) is 0 Å². The van der Waals surface area contributed by atoms with E-state index in [1.165, 1.54) is 6.92 Å². The summed E-state index contributed by atoms with van der Waals surface area (Å²) in [4.78, 5) is 37.3. The summed E-state index contributed by atoms with van der Waals surface area (Å²) < 4.78 is 0. The van der Waals surface area contributed by atoms with Crippen molar-refractivity contribution in [2.75, 3.05) is 23.7 Å². The third-order valence-corrected chi connectivity index (χ3v) is 4.12. The number of amides is 3. The number of hydrogen-bond acceptors (Lipinski definition) is 3. The highest BCUT2D eigenvalue weighted by atomic mass is 16.2. The van der Waals surface area contributed by atoms with Gasteiger partial charge in [-0.3, -0.25) is 14.4 Å². The monoisotopic (exact) mass is 331 g/mol. The van der Waals surface area contributed by atoms with E-state index in [-0.39, 0.29) is 29.6 Å². The summed E-state index contributed by atoms with van der Waals surface area (Å²) >= 11 is 0. The molecule has 130 valence electrons. The van der Waals surface area contributed by atoms with Crippen LogP contribution in [0.3, 0.4) is 0 Å². The van der Waals surface area contributed by atoms with E-state index in [0.717, 1.165) is 0 Å². The van der Waals surface area contributed by atoms with E-state index in [2.05, 4.69) is 10.6 Å². The summed E-state index contributed by atoms with van der Waals surface area (Å²) in [7, 11) is 0. The number of hydrogen-bond donors (Lipinski definition) is 2. The molecule has 0 saturated carbocycles. The molecule has 1 aromatic carbocycles. The van der Waals surface area contributed by atoms with Crippen molar-refractivity contribution in [3.8, 4) is 0 Å². The molecule has 0 aliphatic carbocycles. The molecular weight excluding hydrogens is 306 g/mol. The van der Waals surface area contributed by atoms with Crippen molar-refractivity contribution in [2.45, 2.75) is 33.6 Å². The van der Waals surface area contributed by atoms with E-state index in [0.29, 0.717) is 37.3 Å². The second-order valence-corrected chi connectivity index (χ2v) is 6.51. The largest absolute Gasteiger partial charge is 0.342 e. The van der Waals surface area contributed by atoms with Crippen LogP contribution in [0.1, 0.15) is 33.6 Å². The smallest absolute Gasteiger partial charge is 0.227 e. The summed E-state index contributed by atoms with van der Waals surface area (Å²) in [6, 6.07) is 7.08. The maximum atomic E-state index is 12.4. The molecule has 0 bridgehead atoms. The van der Waals surface area contributed by atoms with E-state index in [1.54, 1.807) is 24.3 Å². The second-order valence-electron chi connectivity index (χ2n) is 6.51. The predicted molar refractivity (Wildman–Crippen MR) is 93.5 cm³/mol. The molecule has 0 atom stereocenters. The number of rotatable bonds is 4. The molecule has 0 radical (unpaired) electrons. The quantitative estimate of drug-likeness (QED) is 0.889. The van der Waals surface area contributed by atoms with Gasteiger partial charge in [0.1, 0.15) is 0 Å². The summed E-state index contributed by atoms with van der Waals surface area (Å²) in [5.74, 6) is -0.137. The van der Waals surface area contributed by atoms with Gasteiger partial charge in [-0.05, 0) is 31.0 Å². The minimum absolute atomic E-state index is 0.00751. The first-order chi connectivity index (χ1) is 11.4. The van der Waals surface area contributed by atoms with Crippen molar-refractivity contribution >= 4 is 29.1 Å². The van der Waals surface area contributed by atoms with Crippen LogP contribution in [-0.4, -0.2) is 35.7 Å². The standard InChI is InChI=1S/C18H25N3O3/c1-12(2)18(24)21-9-7-14(8-10-21)17(23)20-16-6-4-5-15(11-16)19-13(3)22/h4-6,11-12,14H,7-10H2,1-3H3,(H,19,22)(H,20,23). The number of carbonyl (C=O) groups excluding carboxylic acids is 3. The third-order valence-electron chi connectivity index (χ3n) is 4.12. The van der Waals surface area contributed by atoms with Crippen molar-refractivity contribution < 1.29 is 14.4 Å². The van der Waals surface area contributed by atoms with Crippen molar-refractivity contribution in [1.29, 1.82) is 0 Å². The topological polar surface area (TPSA) is 78.5 Å². The Kier molecular flexibility index (Phi) is 5.95. The lowest BCUT2D eigenvalue weighted by molar-refractivity contribution is -0.137. The lowest BCUT2D eigenvalue weighted by Crippen LogP contribution is -2.43. The first kappa shape index (κ1) is 18.0. The van der Waals surface area contributed by atoms with Gasteiger partial charge in [-0.2, -0.15) is 0 Å². The Balaban J connectivity index is 1.90. The molecule has 1 fully saturated rings. The second kappa shape index (κ2) is 7.95. The number of piperidine rings is 1. The molecule has 2 N–H and O–H groups in total. The Labute approximate surface area is 142 Å². The van der Waals surface area contributed by atoms with Crippen molar-refractivity contribution in [1.82, 2.24) is 4.90 Å². The van der Waals surface area contributed by atoms with Gasteiger partial charge in [-0.1, -0.05) is 19.9 Å². The van der Waals surface area contributed by atoms with Crippen LogP contribution in [0, 0.1) is 11.8 Å². The van der Waals surface area contributed by atoms with E-state index >= 15 is 0 Å². The van der Waals surface area contributed by atoms with Gasteiger partial charge in [0.2, 0.25) is 17.7 Å². The fourth-order valence-electron chi connectivity index (χ4n) is 2.85. The lowest BCUT2D eigenvalue weighted by Gasteiger charge is -2.32. The van der Waals surface area contributed by atoms with Crippen LogP contribution in [0.5, 0.6) is 0 Å². The highest BCUT2D eigenvalue weighted by Crippen LogP contribution is 2.22. The Hall–Kier alpha value is -2.37. The zero-order valence-corrected chi connectivity index (χ0v) is 14.5. The van der Waals surface area contributed by atoms with Crippen molar-refractivity contribution in [2.24, 2.45) is 11.8 Å². The van der Waals surface area contributed by atoms with Crippen LogP contribution in [-0.2, 0) is 14.4 Å². The molecule has 1 aromatic rings. The van der Waals surface area contributed by atoms with Gasteiger partial charge in [-0.15, -0.1) is 0 Å². The van der Waals surface area contributed by atoms with Crippen LogP contribution in [0.25, 0.3) is 0 Å². The van der Waals surface area contributed by atoms with E-state index in [4.69, 9.17) is 0 Å². The summed E-state index contributed by atoms with van der Waals surface area (Å²) in [6.07, 6.45) is 1.35. The molecule has 2 rings (SSSR count). The average Bonchev–Trinajstić information content (AvgIpc) is 2.54. The minimum Gasteiger partial charge on any atom is -0.342 e. The van der Waals surface area contributed by atoms with Crippen LogP contribution < -0.4 is 10.6 Å². The molecule has 1 saturated heterocycles. The van der Waals surface area contributed by atoms with Gasteiger partial charge in [0, 0.05) is 43.2 Å². The number of anilines is 2. The first-order valence-corrected chi connectivity index (χ1v) is 8.34. The molecule has 1 heterocycles. The first-order valence-electron chi connectivity index (χ1n) is 8.34. The average molecular weight is 331 g/mol. The minimum atomic E-state index is -0.152. The summed E-state index contributed by atoms with van der Waals surface area (Å²) in [6.45, 7) is 6.48. The maximum Gasteiger partial charge on any atom is 0.227 e. The van der Waals surface area contributed by atoms with Crippen molar-refractivity contribution in [3.05, 3.63) is 24.3 Å². The number of likely N-dealkylation sites (tertiary alicyclic amines) is 1. The van der Waals surface area contributed by atoms with Crippen LogP contribution in [0.2, 0.25) is 0 Å². The van der Waals surface area contributed by atoms with Gasteiger partial charge in [0.05, 0.1) is 0 Å². The predicted octanol–water partition coefficient (Wildman–Crippen LogP) is 2.48. The normalized spacial score (nSPS) is 15.2. The van der Waals surface area contributed by atoms with Crippen LogP contribution in [0.4, 0.5) is 11.4 Å². The van der Waals surface area contributed by atoms with Gasteiger partial charge >= 0.3 is 0 Å². The maximum absolute atomic E-state index is 12.4. The number of nitrogens with one attached hydrogen (secondary N) is 2. The fourth-order valence-corrected chi connectivity index (χ4v) is 2.85. The Morgan fingerprint density at radius 3 is 2.21 bits per heavy atom. The highest BCUT2D eigenvalue weighted by Gasteiger charge is 2.28. The molecule has 6 heteroatoms. The molecule has 0 aromatic heterocycles. The van der Waals surface area contributed by atoms with Gasteiger partial charge in [0.25, 0.3) is 0 Å². The Morgan fingerprint density at radius 2 is 1.67 bits per heavy atom. The molecule has 6 nitrogen and oxygen atoms in total. The summed E-state index contributed by atoms with van der Waals surface area (Å²) in [5, 5.41) is 5.59.